The van der Waals surface area contributed by atoms with Crippen LogP contribution in [0.1, 0.15) is 17.3 Å². The highest BCUT2D eigenvalue weighted by atomic mass is 32.2. The average molecular weight is 332 g/mol. The van der Waals surface area contributed by atoms with Gasteiger partial charge in [-0.2, -0.15) is 0 Å². The van der Waals surface area contributed by atoms with Crippen LogP contribution in [0.4, 0.5) is 0 Å². The van der Waals surface area contributed by atoms with Gasteiger partial charge in [-0.3, -0.25) is 4.79 Å². The Morgan fingerprint density at radius 2 is 1.87 bits per heavy atom. The van der Waals surface area contributed by atoms with Gasteiger partial charge in [0.1, 0.15) is 18.5 Å². The highest BCUT2D eigenvalue weighted by Gasteiger charge is 2.25. The maximum Gasteiger partial charge on any atom is 0.206 e. The van der Waals surface area contributed by atoms with E-state index in [2.05, 4.69) is 0 Å². The van der Waals surface area contributed by atoms with Gasteiger partial charge in [0.25, 0.3) is 0 Å². The van der Waals surface area contributed by atoms with E-state index in [4.69, 9.17) is 9.47 Å². The lowest BCUT2D eigenvalue weighted by molar-refractivity contribution is 0.101. The van der Waals surface area contributed by atoms with Crippen LogP contribution in [0.3, 0.4) is 0 Å². The molecule has 1 saturated heterocycles. The number of sulfone groups is 1. The summed E-state index contributed by atoms with van der Waals surface area (Å²) in [6.07, 6.45) is 0.0579. The maximum atomic E-state index is 12.6. The fourth-order valence-electron chi connectivity index (χ4n) is 2.16. The Kier molecular flexibility index (Phi) is 4.19. The first-order valence-corrected chi connectivity index (χ1v) is 8.66. The summed E-state index contributed by atoms with van der Waals surface area (Å²) in [5, 5.41) is 0. The standard InChI is InChI=1S/C17H16O5S/c1-12(18)16-9-15(7-8-17(16)22-11-13-10-21-13)23(19,20)14-5-3-2-4-6-14/h2-9,13H,10-11H2,1H3/t13-/m1/s1. The number of hydrogen-bond acceptors (Lipinski definition) is 5. The van der Waals surface area contributed by atoms with Crippen molar-refractivity contribution in [2.75, 3.05) is 13.2 Å². The van der Waals surface area contributed by atoms with Gasteiger partial charge < -0.3 is 9.47 Å². The summed E-state index contributed by atoms with van der Waals surface area (Å²) in [7, 11) is -3.66. The van der Waals surface area contributed by atoms with Gasteiger partial charge in [0.2, 0.25) is 9.84 Å². The van der Waals surface area contributed by atoms with E-state index in [1.807, 2.05) is 0 Å². The Morgan fingerprint density at radius 3 is 2.48 bits per heavy atom. The molecule has 23 heavy (non-hydrogen) atoms. The molecule has 120 valence electrons. The van der Waals surface area contributed by atoms with Gasteiger partial charge in [0.05, 0.1) is 22.0 Å². The number of ketones is 1. The van der Waals surface area contributed by atoms with Crippen molar-refractivity contribution in [3.8, 4) is 5.75 Å². The first-order valence-electron chi connectivity index (χ1n) is 7.18. The summed E-state index contributed by atoms with van der Waals surface area (Å²) in [6.45, 7) is 2.38. The van der Waals surface area contributed by atoms with E-state index in [9.17, 15) is 13.2 Å². The number of hydrogen-bond donors (Lipinski definition) is 0. The maximum absolute atomic E-state index is 12.6. The fraction of sp³-hybridized carbons (Fsp3) is 0.235. The molecule has 0 spiro atoms. The summed E-state index contributed by atoms with van der Waals surface area (Å²) < 4.78 is 35.9. The zero-order valence-electron chi connectivity index (χ0n) is 12.6. The molecule has 1 atom stereocenters. The van der Waals surface area contributed by atoms with Crippen LogP contribution in [0.15, 0.2) is 58.3 Å². The van der Waals surface area contributed by atoms with Gasteiger partial charge >= 0.3 is 0 Å². The van der Waals surface area contributed by atoms with Crippen LogP contribution in [-0.4, -0.2) is 33.5 Å². The van der Waals surface area contributed by atoms with Crippen molar-refractivity contribution in [3.63, 3.8) is 0 Å². The summed E-state index contributed by atoms with van der Waals surface area (Å²) in [6, 6.07) is 12.5. The molecule has 0 bridgehead atoms. The summed E-state index contributed by atoms with van der Waals surface area (Å²) in [4.78, 5) is 12.1. The van der Waals surface area contributed by atoms with Gasteiger partial charge in [0, 0.05) is 0 Å². The van der Waals surface area contributed by atoms with Gasteiger partial charge in [-0.1, -0.05) is 18.2 Å². The van der Waals surface area contributed by atoms with E-state index in [1.54, 1.807) is 18.2 Å². The third kappa shape index (κ3) is 3.43. The summed E-state index contributed by atoms with van der Waals surface area (Å²) >= 11 is 0. The Hall–Kier alpha value is -2.18. The zero-order valence-corrected chi connectivity index (χ0v) is 13.4. The molecular weight excluding hydrogens is 316 g/mol. The molecule has 1 fully saturated rings. The molecule has 1 heterocycles. The molecule has 0 aliphatic carbocycles. The van der Waals surface area contributed by atoms with Crippen molar-refractivity contribution < 1.29 is 22.7 Å². The van der Waals surface area contributed by atoms with Crippen molar-refractivity contribution in [1.29, 1.82) is 0 Å². The lowest BCUT2D eigenvalue weighted by Gasteiger charge is -2.11. The molecule has 1 aliphatic rings. The van der Waals surface area contributed by atoms with E-state index >= 15 is 0 Å². The van der Waals surface area contributed by atoms with Crippen molar-refractivity contribution in [2.24, 2.45) is 0 Å². The summed E-state index contributed by atoms with van der Waals surface area (Å²) in [5.74, 6) is 0.127. The molecule has 6 heteroatoms. The first kappa shape index (κ1) is 15.7. The van der Waals surface area contributed by atoms with Crippen LogP contribution in [-0.2, 0) is 14.6 Å². The van der Waals surface area contributed by atoms with Crippen molar-refractivity contribution >= 4 is 15.6 Å². The van der Waals surface area contributed by atoms with E-state index < -0.39 is 9.84 Å². The normalized spacial score (nSPS) is 16.8. The van der Waals surface area contributed by atoms with Crippen molar-refractivity contribution in [3.05, 3.63) is 54.1 Å². The number of epoxide rings is 1. The Labute approximate surface area is 134 Å². The number of benzene rings is 2. The van der Waals surface area contributed by atoms with E-state index in [0.29, 0.717) is 19.0 Å². The molecule has 0 N–H and O–H groups in total. The second-order valence-corrected chi connectivity index (χ2v) is 7.25. The molecule has 0 aromatic heterocycles. The Bertz CT molecular complexity index is 823. The number of carbonyl (C=O) groups is 1. The second kappa shape index (κ2) is 6.14. The quantitative estimate of drug-likeness (QED) is 0.600. The Balaban J connectivity index is 1.97. The highest BCUT2D eigenvalue weighted by molar-refractivity contribution is 7.91. The fourth-order valence-corrected chi connectivity index (χ4v) is 3.47. The van der Waals surface area contributed by atoms with Crippen LogP contribution in [0.2, 0.25) is 0 Å². The molecule has 5 nitrogen and oxygen atoms in total. The van der Waals surface area contributed by atoms with Crippen LogP contribution < -0.4 is 4.74 Å². The number of carbonyl (C=O) groups excluding carboxylic acids is 1. The van der Waals surface area contributed by atoms with Gasteiger partial charge in [0.15, 0.2) is 5.78 Å². The van der Waals surface area contributed by atoms with Gasteiger partial charge in [-0.05, 0) is 37.3 Å². The van der Waals surface area contributed by atoms with E-state index in [-0.39, 0.29) is 27.2 Å². The predicted octanol–water partition coefficient (Wildman–Crippen LogP) is 2.50. The molecule has 1 aliphatic heterocycles. The number of rotatable bonds is 6. The monoisotopic (exact) mass is 332 g/mol. The minimum absolute atomic E-state index is 0.0579. The lowest BCUT2D eigenvalue weighted by atomic mass is 10.1. The minimum Gasteiger partial charge on any atom is -0.490 e. The van der Waals surface area contributed by atoms with Gasteiger partial charge in [-0.25, -0.2) is 8.42 Å². The zero-order chi connectivity index (χ0) is 16.4. The van der Waals surface area contributed by atoms with E-state index in [1.165, 1.54) is 37.3 Å². The van der Waals surface area contributed by atoms with E-state index in [0.717, 1.165) is 0 Å². The van der Waals surface area contributed by atoms with Crippen LogP contribution >= 0.6 is 0 Å². The minimum atomic E-state index is -3.66. The molecule has 2 aromatic carbocycles. The molecule has 2 aromatic rings. The predicted molar refractivity (Wildman–Crippen MR) is 83.6 cm³/mol. The van der Waals surface area contributed by atoms with Crippen LogP contribution in [0, 0.1) is 0 Å². The number of Topliss-reactive ketones (excluding diaryl/α,β-unsaturated/α-hetero) is 1. The smallest absolute Gasteiger partial charge is 0.206 e. The highest BCUT2D eigenvalue weighted by Crippen LogP contribution is 2.28. The molecular formula is C17H16O5S. The summed E-state index contributed by atoms with van der Waals surface area (Å²) in [5.41, 5.74) is 0.252. The average Bonchev–Trinajstić information content (AvgIpc) is 3.37. The molecule has 0 saturated carbocycles. The van der Waals surface area contributed by atoms with Gasteiger partial charge in [-0.15, -0.1) is 0 Å². The van der Waals surface area contributed by atoms with Crippen LogP contribution in [0.25, 0.3) is 0 Å². The molecule has 3 rings (SSSR count). The third-order valence-electron chi connectivity index (χ3n) is 3.52. The number of ether oxygens (including phenoxy) is 2. The molecule has 0 unspecified atom stereocenters. The lowest BCUT2D eigenvalue weighted by Crippen LogP contribution is -2.09. The Morgan fingerprint density at radius 1 is 1.17 bits per heavy atom. The largest absolute Gasteiger partial charge is 0.490 e. The molecule has 0 amide bonds. The third-order valence-corrected chi connectivity index (χ3v) is 5.29. The topological polar surface area (TPSA) is 73.0 Å². The van der Waals surface area contributed by atoms with Crippen LogP contribution in [0.5, 0.6) is 5.75 Å². The van der Waals surface area contributed by atoms with Crippen molar-refractivity contribution in [2.45, 2.75) is 22.8 Å². The SMILES string of the molecule is CC(=O)c1cc(S(=O)(=O)c2ccccc2)ccc1OC[C@H]1CO1. The van der Waals surface area contributed by atoms with Crippen molar-refractivity contribution in [1.82, 2.24) is 0 Å². The first-order chi connectivity index (χ1) is 11.0. The second-order valence-electron chi connectivity index (χ2n) is 5.30. The molecule has 0 radical (unpaired) electrons.